The molecule has 0 aromatic heterocycles. The summed E-state index contributed by atoms with van der Waals surface area (Å²) in [4.78, 5) is 48.8. The van der Waals surface area contributed by atoms with Crippen molar-refractivity contribution in [3.8, 4) is 0 Å². The van der Waals surface area contributed by atoms with Gasteiger partial charge in [-0.15, -0.1) is 11.8 Å². The molecule has 5 atom stereocenters. The monoisotopic (exact) mass is 1190 g/mol. The van der Waals surface area contributed by atoms with Crippen LogP contribution in [0, 0.1) is 5.41 Å². The number of sulfonamides is 1. The number of carbonyl (C=O) groups is 3. The minimum atomic E-state index is -6.09. The van der Waals surface area contributed by atoms with Crippen LogP contribution in [-0.2, 0) is 34.2 Å². The number of amides is 3. The van der Waals surface area contributed by atoms with E-state index < -0.39 is 52.8 Å². The number of anilines is 2. The molecule has 0 spiro atoms. The number of ether oxygens (including phenoxy) is 1. The number of fused-ring (bicyclic) bond motifs is 2. The van der Waals surface area contributed by atoms with Gasteiger partial charge in [0.05, 0.1) is 23.2 Å². The summed E-state index contributed by atoms with van der Waals surface area (Å²) in [6, 6.07) is 26.2. The lowest BCUT2D eigenvalue weighted by Crippen LogP contribution is -2.58. The summed E-state index contributed by atoms with van der Waals surface area (Å²) in [5.41, 5.74) is -1.37. The van der Waals surface area contributed by atoms with Crippen LogP contribution in [0.4, 0.5) is 24.5 Å². The highest BCUT2D eigenvalue weighted by Gasteiger charge is 2.51. The highest BCUT2D eigenvalue weighted by Crippen LogP contribution is 2.46. The summed E-state index contributed by atoms with van der Waals surface area (Å²) in [6.07, 6.45) is 6.16. The summed E-state index contributed by atoms with van der Waals surface area (Å²) in [5.74, 6) is -1.04. The number of hydrogen-bond donors (Lipinski definition) is 3. The Bertz CT molecular complexity index is 3180. The van der Waals surface area contributed by atoms with Crippen LogP contribution in [0.15, 0.2) is 117 Å². The number of hydrogen-bond acceptors (Lipinski definition) is 15. The molecule has 1 unspecified atom stereocenters. The number of carbonyl (C=O) groups excluding carboxylic acids is 3. The van der Waals surface area contributed by atoms with Gasteiger partial charge in [0.2, 0.25) is 11.8 Å². The maximum Gasteiger partial charge on any atom is 0.501 e. The van der Waals surface area contributed by atoms with Gasteiger partial charge in [-0.25, -0.2) is 21.6 Å². The standard InChI is InChI=1S/C58H70ClF3N8O8S3/c1-57(39-69-36-47-32-46(69)37-70(47)52-18-19-54(71)64-56(52)73)22-20-50(40-8-12-43(59)13-9-40)42(34-57)35-67-25-27-68(28-26-67)45-14-10-41(11-15-45)55(72)65-81(76,77)49-16-17-51(53(33-49)80(74,75)58(60,61)62)63-44(38-79-48-6-3-2-4-7-48)21-24-66-23-5-30-78-31-29-66/h2-4,6-17,33,44,46-47,52,63H,5,18-32,34-39H2,1H3,(H,65,72)(H,64,71,73)/t44-,46-,47-,52?,57-/m1/s1. The van der Waals surface area contributed by atoms with Gasteiger partial charge in [-0.1, -0.05) is 54.4 Å². The molecule has 3 amide bonds. The number of imide groups is 1. The van der Waals surface area contributed by atoms with Gasteiger partial charge in [0, 0.05) is 130 Å². The third-order valence-corrected chi connectivity index (χ3v) is 21.1. The fourth-order valence-corrected chi connectivity index (χ4v) is 15.7. The van der Waals surface area contributed by atoms with Gasteiger partial charge < -0.3 is 19.9 Å². The topological polar surface area (TPSA) is 181 Å². The van der Waals surface area contributed by atoms with Gasteiger partial charge in [-0.2, -0.15) is 13.2 Å². The molecule has 2 bridgehead atoms. The van der Waals surface area contributed by atoms with Crippen LogP contribution < -0.4 is 20.3 Å². The van der Waals surface area contributed by atoms with Crippen molar-refractivity contribution < 1.29 is 49.1 Å². The average molecular weight is 1200 g/mol. The molecule has 4 aromatic rings. The maximum atomic E-state index is 14.3. The van der Waals surface area contributed by atoms with Crippen molar-refractivity contribution in [3.63, 3.8) is 0 Å². The van der Waals surface area contributed by atoms with Crippen LogP contribution in [0.3, 0.4) is 0 Å². The second-order valence-electron chi connectivity index (χ2n) is 22.6. The average Bonchev–Trinajstić information content (AvgIpc) is 4.08. The zero-order valence-electron chi connectivity index (χ0n) is 45.3. The number of piperazine rings is 2. The molecule has 0 saturated carbocycles. The predicted molar refractivity (Wildman–Crippen MR) is 307 cm³/mol. The second-order valence-corrected chi connectivity index (χ2v) is 27.7. The highest BCUT2D eigenvalue weighted by atomic mass is 35.5. The summed E-state index contributed by atoms with van der Waals surface area (Å²) >= 11 is 7.79. The molecule has 5 aliphatic heterocycles. The van der Waals surface area contributed by atoms with Crippen molar-refractivity contribution in [3.05, 3.63) is 119 Å². The Kier molecular flexibility index (Phi) is 18.3. The van der Waals surface area contributed by atoms with Gasteiger partial charge in [-0.3, -0.25) is 34.4 Å². The molecule has 1 aliphatic carbocycles. The lowest BCUT2D eigenvalue weighted by atomic mass is 9.71. The highest BCUT2D eigenvalue weighted by molar-refractivity contribution is 7.99. The Morgan fingerprint density at radius 1 is 0.877 bits per heavy atom. The first-order valence-electron chi connectivity index (χ1n) is 27.8. The van der Waals surface area contributed by atoms with Crippen LogP contribution >= 0.6 is 23.4 Å². The number of allylic oxidation sites excluding steroid dienone is 1. The quantitative estimate of drug-likeness (QED) is 0.0612. The Morgan fingerprint density at radius 2 is 1.63 bits per heavy atom. The molecule has 0 radical (unpaired) electrons. The van der Waals surface area contributed by atoms with Gasteiger partial charge in [0.15, 0.2) is 0 Å². The van der Waals surface area contributed by atoms with E-state index in [1.807, 2.05) is 47.2 Å². The maximum absolute atomic E-state index is 14.3. The summed E-state index contributed by atoms with van der Waals surface area (Å²) in [5, 5.41) is 6.24. The number of piperidine rings is 1. The number of sulfone groups is 1. The van der Waals surface area contributed by atoms with Crippen molar-refractivity contribution in [1.29, 1.82) is 0 Å². The molecular formula is C58H70ClF3N8O8S3. The van der Waals surface area contributed by atoms with Crippen LogP contribution in [-0.4, -0.2) is 175 Å². The third kappa shape index (κ3) is 14.1. The fourth-order valence-electron chi connectivity index (χ4n) is 12.6. The number of thioether (sulfide) groups is 1. The van der Waals surface area contributed by atoms with Crippen molar-refractivity contribution in [2.75, 3.05) is 101 Å². The van der Waals surface area contributed by atoms with Crippen LogP contribution in [0.25, 0.3) is 5.57 Å². The molecule has 16 nitrogen and oxygen atoms in total. The Labute approximate surface area is 482 Å². The van der Waals surface area contributed by atoms with E-state index in [4.69, 9.17) is 16.3 Å². The number of alkyl halides is 3. The molecule has 3 N–H and O–H groups in total. The Morgan fingerprint density at radius 3 is 2.33 bits per heavy atom. The predicted octanol–water partition coefficient (Wildman–Crippen LogP) is 7.77. The normalized spacial score (nSPS) is 24.3. The molecule has 5 saturated heterocycles. The van der Waals surface area contributed by atoms with E-state index in [1.165, 1.54) is 40.6 Å². The van der Waals surface area contributed by atoms with E-state index in [0.717, 1.165) is 101 Å². The van der Waals surface area contributed by atoms with E-state index in [9.17, 15) is 44.4 Å². The smallest absolute Gasteiger partial charge is 0.380 e. The van der Waals surface area contributed by atoms with Crippen molar-refractivity contribution in [2.24, 2.45) is 5.41 Å². The van der Waals surface area contributed by atoms with E-state index in [1.54, 1.807) is 12.1 Å². The van der Waals surface area contributed by atoms with Crippen LogP contribution in [0.5, 0.6) is 0 Å². The van der Waals surface area contributed by atoms with Gasteiger partial charge in [-0.05, 0) is 128 Å². The number of halogens is 4. The Hall–Kier alpha value is -5.04. The first kappa shape index (κ1) is 59.1. The SMILES string of the molecule is C[C@@]1(CN2C[C@H]3C[C@@H]2CN3C2CCC(=O)NC2=O)CCC(c2ccc(Cl)cc2)=C(CN2CCN(c3ccc(C(=O)NS(=O)(=O)c4ccc(N[C@H](CCN5CCCOCC5)CSc5ccccc5)c(S(=O)(=O)C(F)(F)F)c4)cc3)CC2)C1. The molecule has 4 aromatic carbocycles. The minimum Gasteiger partial charge on any atom is -0.380 e. The largest absolute Gasteiger partial charge is 0.501 e. The van der Waals surface area contributed by atoms with Crippen LogP contribution in [0.1, 0.15) is 74.2 Å². The van der Waals surface area contributed by atoms with Crippen molar-refractivity contribution in [2.45, 2.75) is 103 Å². The molecule has 23 heteroatoms. The van der Waals surface area contributed by atoms with E-state index in [-0.39, 0.29) is 28.8 Å². The van der Waals surface area contributed by atoms with E-state index in [2.05, 4.69) is 54.2 Å². The van der Waals surface area contributed by atoms with Gasteiger partial charge in [0.1, 0.15) is 4.90 Å². The van der Waals surface area contributed by atoms with E-state index >= 15 is 0 Å². The Balaban J connectivity index is 0.772. The van der Waals surface area contributed by atoms with Gasteiger partial charge >= 0.3 is 5.51 Å². The van der Waals surface area contributed by atoms with E-state index in [0.29, 0.717) is 87.6 Å². The molecule has 81 heavy (non-hydrogen) atoms. The first-order valence-corrected chi connectivity index (χ1v) is 32.2. The van der Waals surface area contributed by atoms with Crippen molar-refractivity contribution >= 4 is 77.9 Å². The van der Waals surface area contributed by atoms with Gasteiger partial charge in [0.25, 0.3) is 25.8 Å². The van der Waals surface area contributed by atoms with Crippen LogP contribution in [0.2, 0.25) is 5.02 Å². The molecule has 10 rings (SSSR count). The molecule has 5 fully saturated rings. The summed E-state index contributed by atoms with van der Waals surface area (Å²) in [6.45, 7) is 12.0. The second kappa shape index (κ2) is 25.0. The first-order chi connectivity index (χ1) is 38.7. The van der Waals surface area contributed by atoms with Crippen molar-refractivity contribution in [1.82, 2.24) is 29.6 Å². The molecule has 5 heterocycles. The molecule has 436 valence electrons. The number of benzene rings is 4. The molecule has 6 aliphatic rings. The summed E-state index contributed by atoms with van der Waals surface area (Å²) < 4.78 is 104. The number of likely N-dealkylation sites (tertiary alicyclic amines) is 2. The zero-order valence-corrected chi connectivity index (χ0v) is 48.5. The summed E-state index contributed by atoms with van der Waals surface area (Å²) in [7, 11) is -11.0. The lowest BCUT2D eigenvalue weighted by Gasteiger charge is -2.45. The lowest BCUT2D eigenvalue weighted by molar-refractivity contribution is -0.138. The molecular weight excluding hydrogens is 1130 g/mol. The number of rotatable bonds is 19. The number of nitrogens with one attached hydrogen (secondary N) is 3. The third-order valence-electron chi connectivity index (χ3n) is 16.9. The fraction of sp³-hybridized carbons (Fsp3) is 0.500. The number of nitrogens with zero attached hydrogens (tertiary/aromatic N) is 5. The zero-order chi connectivity index (χ0) is 57.1. The minimum absolute atomic E-state index is 0.0208.